The molecule has 0 aromatic heterocycles. The van der Waals surface area contributed by atoms with E-state index in [-0.39, 0.29) is 12.5 Å². The Labute approximate surface area is 143 Å². The third kappa shape index (κ3) is 4.59. The molecule has 4 nitrogen and oxygen atoms in total. The summed E-state index contributed by atoms with van der Waals surface area (Å²) in [6.07, 6.45) is -4.60. The maximum Gasteiger partial charge on any atom is 0.417 e. The molecule has 0 heterocycles. The van der Waals surface area contributed by atoms with Crippen molar-refractivity contribution in [2.75, 3.05) is 14.1 Å². The highest BCUT2D eigenvalue weighted by Crippen LogP contribution is 2.31. The van der Waals surface area contributed by atoms with E-state index in [1.54, 1.807) is 38.4 Å². The first-order chi connectivity index (χ1) is 11.7. The van der Waals surface area contributed by atoms with Crippen LogP contribution in [0, 0.1) is 0 Å². The van der Waals surface area contributed by atoms with Crippen molar-refractivity contribution in [1.29, 1.82) is 0 Å². The number of amides is 2. The Kier molecular flexibility index (Phi) is 5.46. The van der Waals surface area contributed by atoms with Crippen LogP contribution in [0.5, 0.6) is 0 Å². The topological polar surface area (TPSA) is 49.4 Å². The predicted octanol–water partition coefficient (Wildman–Crippen LogP) is 3.34. The Bertz CT molecular complexity index is 769. The Hall–Kier alpha value is -2.83. The zero-order valence-electron chi connectivity index (χ0n) is 13.7. The molecule has 0 saturated carbocycles. The Morgan fingerprint density at radius 3 is 2.16 bits per heavy atom. The molecule has 132 valence electrons. The summed E-state index contributed by atoms with van der Waals surface area (Å²) >= 11 is 0. The Balaban J connectivity index is 2.07. The molecule has 1 N–H and O–H groups in total. The number of rotatable bonds is 4. The van der Waals surface area contributed by atoms with E-state index in [2.05, 4.69) is 5.32 Å². The fourth-order valence-corrected chi connectivity index (χ4v) is 2.23. The third-order valence-electron chi connectivity index (χ3n) is 3.54. The Morgan fingerprint density at radius 1 is 1.00 bits per heavy atom. The molecule has 0 aliphatic carbocycles. The number of halogens is 3. The van der Waals surface area contributed by atoms with Gasteiger partial charge in [0.05, 0.1) is 11.1 Å². The second kappa shape index (κ2) is 7.38. The van der Waals surface area contributed by atoms with Gasteiger partial charge in [0.25, 0.3) is 11.8 Å². The third-order valence-corrected chi connectivity index (χ3v) is 3.54. The van der Waals surface area contributed by atoms with Crippen molar-refractivity contribution >= 4 is 11.8 Å². The van der Waals surface area contributed by atoms with Gasteiger partial charge in [-0.3, -0.25) is 9.59 Å². The second-order valence-corrected chi connectivity index (χ2v) is 5.62. The molecule has 0 bridgehead atoms. The average Bonchev–Trinajstić information content (AvgIpc) is 2.58. The van der Waals surface area contributed by atoms with Crippen LogP contribution >= 0.6 is 0 Å². The quantitative estimate of drug-likeness (QED) is 0.919. The molecule has 7 heteroatoms. The van der Waals surface area contributed by atoms with Gasteiger partial charge in [-0.1, -0.05) is 24.3 Å². The molecule has 0 fully saturated rings. The lowest BCUT2D eigenvalue weighted by Crippen LogP contribution is -2.26. The van der Waals surface area contributed by atoms with Gasteiger partial charge in [-0.15, -0.1) is 0 Å². The highest BCUT2D eigenvalue weighted by molar-refractivity contribution is 5.96. The van der Waals surface area contributed by atoms with Gasteiger partial charge in [0.2, 0.25) is 0 Å². The van der Waals surface area contributed by atoms with Gasteiger partial charge in [-0.25, -0.2) is 0 Å². The minimum absolute atomic E-state index is 0.0570. The summed E-state index contributed by atoms with van der Waals surface area (Å²) in [4.78, 5) is 25.3. The molecule has 0 atom stereocenters. The predicted molar refractivity (Wildman–Crippen MR) is 87.1 cm³/mol. The number of nitrogens with one attached hydrogen (secondary N) is 1. The summed E-state index contributed by atoms with van der Waals surface area (Å²) in [5.74, 6) is -0.962. The molecule has 0 aliphatic rings. The van der Waals surface area contributed by atoms with Gasteiger partial charge in [0.15, 0.2) is 0 Å². The highest BCUT2D eigenvalue weighted by Gasteiger charge is 2.34. The number of alkyl halides is 3. The molecule has 0 spiro atoms. The van der Waals surface area contributed by atoms with Crippen LogP contribution in [0.15, 0.2) is 48.5 Å². The van der Waals surface area contributed by atoms with E-state index >= 15 is 0 Å². The fraction of sp³-hybridized carbons (Fsp3) is 0.222. The van der Waals surface area contributed by atoms with E-state index in [9.17, 15) is 22.8 Å². The Morgan fingerprint density at radius 2 is 1.60 bits per heavy atom. The summed E-state index contributed by atoms with van der Waals surface area (Å²) in [6.45, 7) is 0.0570. The molecular formula is C18H17F3N2O2. The van der Waals surface area contributed by atoms with E-state index in [4.69, 9.17) is 0 Å². The minimum Gasteiger partial charge on any atom is -0.348 e. The zero-order valence-corrected chi connectivity index (χ0v) is 13.7. The van der Waals surface area contributed by atoms with Gasteiger partial charge in [0.1, 0.15) is 0 Å². The first kappa shape index (κ1) is 18.5. The molecule has 0 radical (unpaired) electrons. The van der Waals surface area contributed by atoms with Crippen LogP contribution in [0.4, 0.5) is 13.2 Å². The molecule has 2 amide bonds. The standard InChI is InChI=1S/C18H17F3N2O2/c1-23(2)17(25)13-9-7-12(8-10-13)11-22-16(24)14-5-3-4-6-15(14)18(19,20)21/h3-10H,11H2,1-2H3,(H,22,24). The lowest BCUT2D eigenvalue weighted by atomic mass is 10.1. The van der Waals surface area contributed by atoms with E-state index < -0.39 is 23.2 Å². The van der Waals surface area contributed by atoms with Crippen molar-refractivity contribution in [3.8, 4) is 0 Å². The van der Waals surface area contributed by atoms with Crippen LogP contribution in [-0.2, 0) is 12.7 Å². The molecule has 0 unspecified atom stereocenters. The van der Waals surface area contributed by atoms with Gasteiger partial charge in [-0.2, -0.15) is 13.2 Å². The number of nitrogens with zero attached hydrogens (tertiary/aromatic N) is 1. The molecule has 2 rings (SSSR count). The van der Waals surface area contributed by atoms with E-state index in [1.165, 1.54) is 17.0 Å². The van der Waals surface area contributed by atoms with Crippen molar-refractivity contribution in [1.82, 2.24) is 10.2 Å². The molecular weight excluding hydrogens is 333 g/mol. The summed E-state index contributed by atoms with van der Waals surface area (Å²) in [5, 5.41) is 2.46. The van der Waals surface area contributed by atoms with Crippen LogP contribution in [0.25, 0.3) is 0 Å². The smallest absolute Gasteiger partial charge is 0.348 e. The number of hydrogen-bond acceptors (Lipinski definition) is 2. The molecule has 0 aliphatic heterocycles. The van der Waals surface area contributed by atoms with Crippen LogP contribution < -0.4 is 5.32 Å². The maximum absolute atomic E-state index is 12.9. The molecule has 2 aromatic carbocycles. The van der Waals surface area contributed by atoms with Gasteiger partial charge >= 0.3 is 6.18 Å². The molecule has 2 aromatic rings. The lowest BCUT2D eigenvalue weighted by molar-refractivity contribution is -0.137. The molecule has 25 heavy (non-hydrogen) atoms. The first-order valence-corrected chi connectivity index (χ1v) is 7.45. The van der Waals surface area contributed by atoms with Crippen molar-refractivity contribution in [3.63, 3.8) is 0 Å². The normalized spacial score (nSPS) is 11.1. The zero-order chi connectivity index (χ0) is 18.6. The number of benzene rings is 2. The monoisotopic (exact) mass is 350 g/mol. The maximum atomic E-state index is 12.9. The number of hydrogen-bond donors (Lipinski definition) is 1. The lowest BCUT2D eigenvalue weighted by Gasteiger charge is -2.13. The summed E-state index contributed by atoms with van der Waals surface area (Å²) in [5.41, 5.74) is -0.232. The second-order valence-electron chi connectivity index (χ2n) is 5.62. The fourth-order valence-electron chi connectivity index (χ4n) is 2.23. The largest absolute Gasteiger partial charge is 0.417 e. The van der Waals surface area contributed by atoms with Crippen molar-refractivity contribution in [2.24, 2.45) is 0 Å². The molecule has 0 saturated heterocycles. The van der Waals surface area contributed by atoms with E-state index in [0.717, 1.165) is 12.1 Å². The van der Waals surface area contributed by atoms with Crippen LogP contribution in [0.3, 0.4) is 0 Å². The van der Waals surface area contributed by atoms with E-state index in [1.807, 2.05) is 0 Å². The van der Waals surface area contributed by atoms with Crippen LogP contribution in [0.2, 0.25) is 0 Å². The highest BCUT2D eigenvalue weighted by atomic mass is 19.4. The SMILES string of the molecule is CN(C)C(=O)c1ccc(CNC(=O)c2ccccc2C(F)(F)F)cc1. The average molecular weight is 350 g/mol. The van der Waals surface area contributed by atoms with Crippen LogP contribution in [-0.4, -0.2) is 30.8 Å². The number of carbonyl (C=O) groups excluding carboxylic acids is 2. The van der Waals surface area contributed by atoms with Crippen molar-refractivity contribution < 1.29 is 22.8 Å². The summed E-state index contributed by atoms with van der Waals surface area (Å²) in [6, 6.07) is 11.1. The first-order valence-electron chi connectivity index (χ1n) is 7.45. The van der Waals surface area contributed by atoms with Gasteiger partial charge < -0.3 is 10.2 Å². The van der Waals surface area contributed by atoms with Gasteiger partial charge in [0, 0.05) is 26.2 Å². The number of carbonyl (C=O) groups is 2. The van der Waals surface area contributed by atoms with Crippen molar-refractivity contribution in [2.45, 2.75) is 12.7 Å². The van der Waals surface area contributed by atoms with Crippen LogP contribution in [0.1, 0.15) is 31.8 Å². The minimum atomic E-state index is -4.60. The summed E-state index contributed by atoms with van der Waals surface area (Å²) < 4.78 is 38.8. The summed E-state index contributed by atoms with van der Waals surface area (Å²) in [7, 11) is 3.27. The van der Waals surface area contributed by atoms with E-state index in [0.29, 0.717) is 11.1 Å². The van der Waals surface area contributed by atoms with Crippen molar-refractivity contribution in [3.05, 3.63) is 70.8 Å². The van der Waals surface area contributed by atoms with Gasteiger partial charge in [-0.05, 0) is 29.8 Å².